The Bertz CT molecular complexity index is 744. The highest BCUT2D eigenvalue weighted by molar-refractivity contribution is 9.14. The first-order valence-electron chi connectivity index (χ1n) is 7.22. The number of benzene rings is 2. The lowest BCUT2D eigenvalue weighted by atomic mass is 9.78. The minimum atomic E-state index is -1.57. The second-order valence-corrected chi connectivity index (χ2v) is 9.10. The van der Waals surface area contributed by atoms with Gasteiger partial charge in [0.2, 0.25) is 0 Å². The summed E-state index contributed by atoms with van der Waals surface area (Å²) >= 11 is 14.3. The van der Waals surface area contributed by atoms with Crippen LogP contribution in [-0.2, 0) is 5.41 Å². The van der Waals surface area contributed by atoms with E-state index in [4.69, 9.17) is 14.9 Å². The number of ether oxygens (including phenoxy) is 1. The van der Waals surface area contributed by atoms with Crippen molar-refractivity contribution in [3.05, 3.63) is 53.3 Å². The van der Waals surface area contributed by atoms with Gasteiger partial charge in [0.25, 0.3) is 0 Å². The predicted octanol–water partition coefficient (Wildman–Crippen LogP) is 5.46. The third kappa shape index (κ3) is 4.42. The minimum Gasteiger partial charge on any atom is -0.508 e. The highest BCUT2D eigenvalue weighted by atomic mass is 79.9. The van der Waals surface area contributed by atoms with Crippen LogP contribution in [0.15, 0.2) is 42.2 Å². The number of hydrogen-bond donors (Lipinski definition) is 3. The Kier molecular flexibility index (Phi) is 7.01. The van der Waals surface area contributed by atoms with Crippen molar-refractivity contribution < 1.29 is 20.1 Å². The van der Waals surface area contributed by atoms with E-state index < -0.39 is 11.7 Å². The molecule has 0 saturated carbocycles. The van der Waals surface area contributed by atoms with E-state index in [1.165, 1.54) is 0 Å². The van der Waals surface area contributed by atoms with Crippen LogP contribution in [0.25, 0.3) is 0 Å². The van der Waals surface area contributed by atoms with E-state index >= 15 is 0 Å². The topological polar surface area (TPSA) is 69.9 Å². The summed E-state index contributed by atoms with van der Waals surface area (Å²) in [5.74, 6) is 0.670. The summed E-state index contributed by atoms with van der Waals surface area (Å²) in [4.78, 5) is 0. The molecule has 0 aliphatic carbocycles. The van der Waals surface area contributed by atoms with Crippen LogP contribution in [-0.4, -0.2) is 28.2 Å². The van der Waals surface area contributed by atoms with E-state index in [9.17, 15) is 5.11 Å². The molecule has 0 unspecified atom stereocenters. The van der Waals surface area contributed by atoms with Gasteiger partial charge in [-0.2, -0.15) is 0 Å². The SMILES string of the molecule is CC(C)(c1ccc(O)cc1)c1c(Br)c(Br)c(OCC(O)O)c(Br)c1Br. The number of aliphatic hydroxyl groups excluding tert-OH is 1. The molecule has 2 aromatic rings. The third-order valence-corrected chi connectivity index (χ3v) is 7.98. The van der Waals surface area contributed by atoms with Gasteiger partial charge < -0.3 is 20.1 Å². The number of phenolic OH excluding ortho intramolecular Hbond substituents is 1. The van der Waals surface area contributed by atoms with Crippen LogP contribution >= 0.6 is 63.7 Å². The van der Waals surface area contributed by atoms with Gasteiger partial charge in [-0.1, -0.05) is 26.0 Å². The molecule has 0 fully saturated rings. The Balaban J connectivity index is 2.60. The standard InChI is InChI=1S/C17H16Br4O4/c1-17(2,8-3-5-9(22)6-4-8)11-12(18)14(20)16(15(21)13(11)19)25-7-10(23)24/h3-6,10,22-24H,7H2,1-2H3. The molecule has 0 aromatic heterocycles. The molecule has 0 aliphatic rings. The van der Waals surface area contributed by atoms with E-state index in [1.54, 1.807) is 12.1 Å². The Labute approximate surface area is 179 Å². The van der Waals surface area contributed by atoms with Crippen LogP contribution in [0.2, 0.25) is 0 Å². The normalized spacial score (nSPS) is 11.9. The maximum atomic E-state index is 9.54. The Morgan fingerprint density at radius 3 is 1.84 bits per heavy atom. The zero-order valence-corrected chi connectivity index (χ0v) is 19.7. The quantitative estimate of drug-likeness (QED) is 0.314. The van der Waals surface area contributed by atoms with Crippen molar-refractivity contribution in [2.24, 2.45) is 0 Å². The largest absolute Gasteiger partial charge is 0.508 e. The lowest BCUT2D eigenvalue weighted by Gasteiger charge is -2.30. The maximum Gasteiger partial charge on any atom is 0.186 e. The van der Waals surface area contributed by atoms with E-state index in [0.29, 0.717) is 14.7 Å². The van der Waals surface area contributed by atoms with Crippen molar-refractivity contribution in [1.29, 1.82) is 0 Å². The minimum absolute atomic E-state index is 0.214. The molecular weight excluding hydrogens is 588 g/mol. The summed E-state index contributed by atoms with van der Waals surface area (Å²) in [6.07, 6.45) is -1.57. The third-order valence-electron chi connectivity index (χ3n) is 3.81. The van der Waals surface area contributed by atoms with Crippen LogP contribution in [0.5, 0.6) is 11.5 Å². The van der Waals surface area contributed by atoms with E-state index in [-0.39, 0.29) is 12.4 Å². The van der Waals surface area contributed by atoms with Crippen molar-refractivity contribution in [2.45, 2.75) is 25.6 Å². The van der Waals surface area contributed by atoms with Gasteiger partial charge in [-0.15, -0.1) is 0 Å². The van der Waals surface area contributed by atoms with Gasteiger partial charge in [0.1, 0.15) is 18.1 Å². The van der Waals surface area contributed by atoms with Gasteiger partial charge >= 0.3 is 0 Å². The molecule has 0 atom stereocenters. The molecule has 0 spiro atoms. The first kappa shape index (κ1) is 21.2. The first-order chi connectivity index (χ1) is 11.6. The van der Waals surface area contributed by atoms with E-state index in [2.05, 4.69) is 77.6 Å². The van der Waals surface area contributed by atoms with Crippen molar-refractivity contribution >= 4 is 63.7 Å². The van der Waals surface area contributed by atoms with Gasteiger partial charge in [-0.05, 0) is 87.0 Å². The molecule has 0 saturated heterocycles. The molecule has 0 amide bonds. The fourth-order valence-corrected chi connectivity index (χ4v) is 5.77. The maximum absolute atomic E-state index is 9.54. The van der Waals surface area contributed by atoms with Gasteiger partial charge in [-0.3, -0.25) is 0 Å². The summed E-state index contributed by atoms with van der Waals surface area (Å²) in [7, 11) is 0. The van der Waals surface area contributed by atoms with Crippen molar-refractivity contribution in [3.63, 3.8) is 0 Å². The van der Waals surface area contributed by atoms with E-state index in [0.717, 1.165) is 20.1 Å². The molecule has 0 bridgehead atoms. The summed E-state index contributed by atoms with van der Waals surface area (Å²) < 4.78 is 8.37. The molecular formula is C17H16Br4O4. The average molecular weight is 604 g/mol. The number of phenols is 1. The van der Waals surface area contributed by atoms with Gasteiger partial charge in [0.15, 0.2) is 6.29 Å². The molecule has 8 heteroatoms. The number of halogens is 4. The summed E-state index contributed by atoms with van der Waals surface area (Å²) in [6, 6.07) is 7.07. The zero-order valence-electron chi connectivity index (χ0n) is 13.4. The summed E-state index contributed by atoms with van der Waals surface area (Å²) in [6.45, 7) is 3.89. The van der Waals surface area contributed by atoms with Gasteiger partial charge in [0.05, 0.1) is 8.95 Å². The van der Waals surface area contributed by atoms with Gasteiger partial charge in [0, 0.05) is 14.4 Å². The van der Waals surface area contributed by atoms with Crippen LogP contribution in [0.3, 0.4) is 0 Å². The smallest absolute Gasteiger partial charge is 0.186 e. The molecule has 136 valence electrons. The molecule has 0 heterocycles. The van der Waals surface area contributed by atoms with Crippen molar-refractivity contribution in [2.75, 3.05) is 6.61 Å². The Morgan fingerprint density at radius 1 is 0.920 bits per heavy atom. The number of aromatic hydroxyl groups is 1. The van der Waals surface area contributed by atoms with Crippen LogP contribution in [0, 0.1) is 0 Å². The van der Waals surface area contributed by atoms with Gasteiger partial charge in [-0.25, -0.2) is 0 Å². The molecule has 0 aliphatic heterocycles. The summed E-state index contributed by atoms with van der Waals surface area (Å²) in [5, 5.41) is 27.6. The average Bonchev–Trinajstić information content (AvgIpc) is 2.53. The molecule has 3 N–H and O–H groups in total. The zero-order chi connectivity index (χ0) is 18.9. The lowest BCUT2D eigenvalue weighted by Crippen LogP contribution is -2.21. The molecule has 0 radical (unpaired) electrons. The first-order valence-corrected chi connectivity index (χ1v) is 10.4. The number of aliphatic hydroxyl groups is 2. The van der Waals surface area contributed by atoms with Crippen molar-refractivity contribution in [3.8, 4) is 11.5 Å². The highest BCUT2D eigenvalue weighted by Crippen LogP contribution is 2.51. The number of hydrogen-bond acceptors (Lipinski definition) is 4. The number of rotatable bonds is 5. The molecule has 25 heavy (non-hydrogen) atoms. The van der Waals surface area contributed by atoms with Crippen LogP contribution < -0.4 is 4.74 Å². The molecule has 4 nitrogen and oxygen atoms in total. The fraction of sp³-hybridized carbons (Fsp3) is 0.294. The Hall–Kier alpha value is -0.120. The Morgan fingerprint density at radius 2 is 1.40 bits per heavy atom. The highest BCUT2D eigenvalue weighted by Gasteiger charge is 2.32. The molecule has 2 aromatic carbocycles. The van der Waals surface area contributed by atoms with Crippen LogP contribution in [0.1, 0.15) is 25.0 Å². The molecule has 2 rings (SSSR count). The monoisotopic (exact) mass is 600 g/mol. The second-order valence-electron chi connectivity index (χ2n) is 5.92. The predicted molar refractivity (Wildman–Crippen MR) is 111 cm³/mol. The van der Waals surface area contributed by atoms with Crippen molar-refractivity contribution in [1.82, 2.24) is 0 Å². The van der Waals surface area contributed by atoms with Crippen LogP contribution in [0.4, 0.5) is 0 Å². The van der Waals surface area contributed by atoms with E-state index in [1.807, 2.05) is 12.1 Å². The second kappa shape index (κ2) is 8.27. The fourth-order valence-electron chi connectivity index (χ4n) is 2.47. The summed E-state index contributed by atoms with van der Waals surface area (Å²) in [5.41, 5.74) is 1.59. The lowest BCUT2D eigenvalue weighted by molar-refractivity contribution is -0.0683.